The minimum Gasteiger partial charge on any atom is -0.339 e. The molecule has 7 nitrogen and oxygen atoms in total. The van der Waals surface area contributed by atoms with Gasteiger partial charge in [0.1, 0.15) is 0 Å². The molecule has 31 heavy (non-hydrogen) atoms. The number of hydrogen-bond acceptors (Lipinski definition) is 6. The number of carbonyl (C=O) groups is 1. The van der Waals surface area contributed by atoms with Crippen molar-refractivity contribution in [2.24, 2.45) is 5.92 Å². The molecule has 4 rings (SSSR count). The van der Waals surface area contributed by atoms with Gasteiger partial charge in [0.15, 0.2) is 5.78 Å². The van der Waals surface area contributed by atoms with Crippen LogP contribution in [0, 0.1) is 12.8 Å². The number of aryl methyl sites for hydroxylation is 1. The first-order valence-corrected chi connectivity index (χ1v) is 11.8. The Bertz CT molecular complexity index is 1200. The van der Waals surface area contributed by atoms with E-state index in [-0.39, 0.29) is 16.6 Å². The summed E-state index contributed by atoms with van der Waals surface area (Å²) in [6.07, 6.45) is 2.18. The molecule has 0 aliphatic carbocycles. The number of ketones is 1. The monoisotopic (exact) mass is 439 g/mol. The topological polar surface area (TPSA) is 93.4 Å². The van der Waals surface area contributed by atoms with Crippen molar-refractivity contribution in [3.63, 3.8) is 0 Å². The van der Waals surface area contributed by atoms with E-state index in [0.29, 0.717) is 36.8 Å². The van der Waals surface area contributed by atoms with E-state index in [0.717, 1.165) is 24.0 Å². The first kappa shape index (κ1) is 21.4. The van der Waals surface area contributed by atoms with E-state index >= 15 is 0 Å². The minimum absolute atomic E-state index is 0.0877. The standard InChI is InChI=1S/C23H25N3O4S/c1-16-7-3-4-11-21(16)23-24-22(30-25-23)13-18-8-6-12-26(15-18)31(28,29)20-10-5-9-19(14-20)17(2)27/h3-5,7,9-11,14,18H,6,8,12-13,15H2,1-2H3. The lowest BCUT2D eigenvalue weighted by Crippen LogP contribution is -2.40. The average Bonchev–Trinajstić information content (AvgIpc) is 3.22. The SMILES string of the molecule is CC(=O)c1cccc(S(=O)(=O)N2CCCC(Cc3nc(-c4ccccc4C)no3)C2)c1. The molecule has 8 heteroatoms. The summed E-state index contributed by atoms with van der Waals surface area (Å²) in [4.78, 5) is 16.3. The van der Waals surface area contributed by atoms with Gasteiger partial charge in [-0.25, -0.2) is 8.42 Å². The molecule has 0 spiro atoms. The zero-order valence-electron chi connectivity index (χ0n) is 17.6. The van der Waals surface area contributed by atoms with Crippen molar-refractivity contribution in [1.29, 1.82) is 0 Å². The highest BCUT2D eigenvalue weighted by Gasteiger charge is 2.31. The summed E-state index contributed by atoms with van der Waals surface area (Å²) < 4.78 is 33.3. The second-order valence-corrected chi connectivity index (χ2v) is 9.92. The highest BCUT2D eigenvalue weighted by atomic mass is 32.2. The fraction of sp³-hybridized carbons (Fsp3) is 0.348. The van der Waals surface area contributed by atoms with Gasteiger partial charge in [-0.2, -0.15) is 9.29 Å². The number of piperidine rings is 1. The van der Waals surface area contributed by atoms with Crippen molar-refractivity contribution in [1.82, 2.24) is 14.4 Å². The van der Waals surface area contributed by atoms with Crippen molar-refractivity contribution in [3.05, 3.63) is 65.5 Å². The maximum Gasteiger partial charge on any atom is 0.243 e. The van der Waals surface area contributed by atoms with Gasteiger partial charge in [0.05, 0.1) is 4.90 Å². The summed E-state index contributed by atoms with van der Waals surface area (Å²) in [5.41, 5.74) is 2.39. The van der Waals surface area contributed by atoms with Gasteiger partial charge in [-0.05, 0) is 50.3 Å². The molecule has 2 heterocycles. The van der Waals surface area contributed by atoms with E-state index in [4.69, 9.17) is 4.52 Å². The highest BCUT2D eigenvalue weighted by Crippen LogP contribution is 2.27. The predicted octanol–water partition coefficient (Wildman–Crippen LogP) is 3.89. The van der Waals surface area contributed by atoms with Crippen LogP contribution < -0.4 is 0 Å². The van der Waals surface area contributed by atoms with E-state index in [1.54, 1.807) is 12.1 Å². The molecule has 1 aliphatic heterocycles. The number of carbonyl (C=O) groups excluding carboxylic acids is 1. The van der Waals surface area contributed by atoms with Crippen molar-refractivity contribution < 1.29 is 17.7 Å². The molecule has 0 radical (unpaired) electrons. The van der Waals surface area contributed by atoms with Crippen molar-refractivity contribution in [2.75, 3.05) is 13.1 Å². The zero-order chi connectivity index (χ0) is 22.0. The lowest BCUT2D eigenvalue weighted by atomic mass is 9.96. The molecule has 0 amide bonds. The lowest BCUT2D eigenvalue weighted by molar-refractivity contribution is 0.101. The molecule has 1 fully saturated rings. The van der Waals surface area contributed by atoms with Crippen LogP contribution in [0.2, 0.25) is 0 Å². The van der Waals surface area contributed by atoms with Gasteiger partial charge < -0.3 is 4.52 Å². The minimum atomic E-state index is -3.67. The number of nitrogens with zero attached hydrogens (tertiary/aromatic N) is 3. The van der Waals surface area contributed by atoms with Gasteiger partial charge in [-0.15, -0.1) is 0 Å². The number of Topliss-reactive ketones (excluding diaryl/α,β-unsaturated/α-hetero) is 1. The van der Waals surface area contributed by atoms with E-state index < -0.39 is 10.0 Å². The molecule has 162 valence electrons. The van der Waals surface area contributed by atoms with Crippen molar-refractivity contribution >= 4 is 15.8 Å². The van der Waals surface area contributed by atoms with Gasteiger partial charge >= 0.3 is 0 Å². The molecule has 1 aliphatic rings. The van der Waals surface area contributed by atoms with Crippen LogP contribution in [0.1, 0.15) is 41.6 Å². The summed E-state index contributed by atoms with van der Waals surface area (Å²) in [5.74, 6) is 0.995. The van der Waals surface area contributed by atoms with Gasteiger partial charge in [-0.3, -0.25) is 4.79 Å². The Morgan fingerprint density at radius 3 is 2.77 bits per heavy atom. The van der Waals surface area contributed by atoms with Crippen LogP contribution in [0.5, 0.6) is 0 Å². The Kier molecular flexibility index (Phi) is 6.02. The number of rotatable bonds is 6. The molecular weight excluding hydrogens is 414 g/mol. The van der Waals surface area contributed by atoms with Gasteiger partial charge in [0, 0.05) is 30.6 Å². The summed E-state index contributed by atoms with van der Waals surface area (Å²) in [5, 5.41) is 4.10. The fourth-order valence-corrected chi connectivity index (χ4v) is 5.56. The quantitative estimate of drug-likeness (QED) is 0.541. The summed E-state index contributed by atoms with van der Waals surface area (Å²) >= 11 is 0. The number of aromatic nitrogens is 2. The first-order valence-electron chi connectivity index (χ1n) is 10.3. The third-order valence-corrected chi connectivity index (χ3v) is 7.54. The van der Waals surface area contributed by atoms with Crippen LogP contribution in [-0.4, -0.2) is 41.7 Å². The van der Waals surface area contributed by atoms with Gasteiger partial charge in [-0.1, -0.05) is 41.6 Å². The maximum absolute atomic E-state index is 13.1. The lowest BCUT2D eigenvalue weighted by Gasteiger charge is -2.31. The second kappa shape index (κ2) is 8.72. The Hall–Kier alpha value is -2.84. The molecule has 1 saturated heterocycles. The van der Waals surface area contributed by atoms with Crippen LogP contribution >= 0.6 is 0 Å². The molecule has 1 atom stereocenters. The van der Waals surface area contributed by atoms with Crippen molar-refractivity contribution in [2.45, 2.75) is 38.0 Å². The van der Waals surface area contributed by atoms with Gasteiger partial charge in [0.2, 0.25) is 21.7 Å². The van der Waals surface area contributed by atoms with E-state index in [2.05, 4.69) is 10.1 Å². The van der Waals surface area contributed by atoms with Crippen LogP contribution in [0.15, 0.2) is 57.9 Å². The van der Waals surface area contributed by atoms with E-state index in [9.17, 15) is 13.2 Å². The van der Waals surface area contributed by atoms with Crippen molar-refractivity contribution in [3.8, 4) is 11.4 Å². The maximum atomic E-state index is 13.1. The molecule has 0 N–H and O–H groups in total. The molecule has 1 aromatic heterocycles. The molecular formula is C23H25N3O4S. The summed E-state index contributed by atoms with van der Waals surface area (Å²) in [6.45, 7) is 4.27. The Balaban J connectivity index is 1.49. The Morgan fingerprint density at radius 1 is 1.19 bits per heavy atom. The van der Waals surface area contributed by atoms with E-state index in [1.165, 1.54) is 23.4 Å². The third kappa shape index (κ3) is 4.60. The molecule has 0 saturated carbocycles. The molecule has 2 aromatic carbocycles. The van der Waals surface area contributed by atoms with Crippen LogP contribution in [-0.2, 0) is 16.4 Å². The van der Waals surface area contributed by atoms with Gasteiger partial charge in [0.25, 0.3) is 0 Å². The zero-order valence-corrected chi connectivity index (χ0v) is 18.4. The van der Waals surface area contributed by atoms with Crippen LogP contribution in [0.25, 0.3) is 11.4 Å². The number of sulfonamides is 1. The number of hydrogen-bond donors (Lipinski definition) is 0. The Labute approximate surface area is 182 Å². The smallest absolute Gasteiger partial charge is 0.243 e. The largest absolute Gasteiger partial charge is 0.339 e. The van der Waals surface area contributed by atoms with Crippen LogP contribution in [0.4, 0.5) is 0 Å². The Morgan fingerprint density at radius 2 is 2.00 bits per heavy atom. The molecule has 1 unspecified atom stereocenters. The highest BCUT2D eigenvalue weighted by molar-refractivity contribution is 7.89. The normalized spacial score (nSPS) is 17.5. The molecule has 0 bridgehead atoms. The third-order valence-electron chi connectivity index (χ3n) is 5.68. The number of benzene rings is 2. The first-order chi connectivity index (χ1) is 14.8. The van der Waals surface area contributed by atoms with Crippen LogP contribution in [0.3, 0.4) is 0 Å². The average molecular weight is 440 g/mol. The van der Waals surface area contributed by atoms with E-state index in [1.807, 2.05) is 31.2 Å². The summed E-state index contributed by atoms with van der Waals surface area (Å²) in [7, 11) is -3.67. The second-order valence-electron chi connectivity index (χ2n) is 7.99. The predicted molar refractivity (Wildman–Crippen MR) is 116 cm³/mol. The summed E-state index contributed by atoms with van der Waals surface area (Å²) in [6, 6.07) is 14.1. The fourth-order valence-electron chi connectivity index (χ4n) is 3.95. The molecule has 3 aromatic rings.